The molecule has 1 saturated heterocycles. The van der Waals surface area contributed by atoms with Crippen molar-refractivity contribution >= 4 is 29.9 Å². The molecule has 9 heteroatoms. The van der Waals surface area contributed by atoms with Crippen LogP contribution in [0.4, 0.5) is 0 Å². The summed E-state index contributed by atoms with van der Waals surface area (Å²) in [5.41, 5.74) is 0. The van der Waals surface area contributed by atoms with Gasteiger partial charge in [0, 0.05) is 45.7 Å². The van der Waals surface area contributed by atoms with Crippen LogP contribution in [-0.4, -0.2) is 89.9 Å². The van der Waals surface area contributed by atoms with Crippen LogP contribution in [-0.2, 0) is 13.0 Å². The predicted octanol–water partition coefficient (Wildman–Crippen LogP) is 1.04. The highest BCUT2D eigenvalue weighted by Gasteiger charge is 2.11. The first-order valence-electron chi connectivity index (χ1n) is 10.0. The summed E-state index contributed by atoms with van der Waals surface area (Å²) in [6, 6.07) is 0. The van der Waals surface area contributed by atoms with Crippen molar-refractivity contribution in [3.63, 3.8) is 0 Å². The fourth-order valence-corrected chi connectivity index (χ4v) is 3.18. The first-order chi connectivity index (χ1) is 12.7. The largest absolute Gasteiger partial charge is 0.357 e. The van der Waals surface area contributed by atoms with E-state index in [0.717, 1.165) is 57.3 Å². The highest BCUT2D eigenvalue weighted by molar-refractivity contribution is 14.0. The van der Waals surface area contributed by atoms with E-state index in [9.17, 15) is 0 Å². The van der Waals surface area contributed by atoms with Gasteiger partial charge in [-0.05, 0) is 46.4 Å². The molecule has 2 heterocycles. The number of rotatable bonds is 9. The van der Waals surface area contributed by atoms with Crippen molar-refractivity contribution in [2.75, 3.05) is 59.4 Å². The van der Waals surface area contributed by atoms with E-state index in [2.05, 4.69) is 56.1 Å². The van der Waals surface area contributed by atoms with Gasteiger partial charge in [0.05, 0.1) is 0 Å². The van der Waals surface area contributed by atoms with Gasteiger partial charge in [0.2, 0.25) is 0 Å². The maximum atomic E-state index is 4.71. The van der Waals surface area contributed by atoms with Gasteiger partial charge in [-0.2, -0.15) is 0 Å². The van der Waals surface area contributed by atoms with E-state index in [1.54, 1.807) is 6.33 Å². The topological polar surface area (TPSA) is 73.6 Å². The lowest BCUT2D eigenvalue weighted by Crippen LogP contribution is -2.39. The molecule has 1 fully saturated rings. The maximum absolute atomic E-state index is 4.71. The summed E-state index contributed by atoms with van der Waals surface area (Å²) in [7, 11) is 2.21. The molecule has 0 spiro atoms. The van der Waals surface area contributed by atoms with E-state index in [-0.39, 0.29) is 24.0 Å². The van der Waals surface area contributed by atoms with Crippen molar-refractivity contribution in [3.05, 3.63) is 12.2 Å². The van der Waals surface area contributed by atoms with E-state index >= 15 is 0 Å². The zero-order chi connectivity index (χ0) is 18.6. The number of aliphatic imine (C=N–C) groups is 1. The Morgan fingerprint density at radius 2 is 2.00 bits per heavy atom. The van der Waals surface area contributed by atoms with Crippen molar-refractivity contribution < 1.29 is 0 Å². The molecule has 1 aromatic heterocycles. The Kier molecular flexibility index (Phi) is 12.6. The van der Waals surface area contributed by atoms with Gasteiger partial charge < -0.3 is 25.0 Å². The summed E-state index contributed by atoms with van der Waals surface area (Å²) in [5.74, 6) is 1.92. The maximum Gasteiger partial charge on any atom is 0.191 e. The Balaban J connectivity index is 0.00000364. The van der Waals surface area contributed by atoms with Crippen LogP contribution in [0.1, 0.15) is 32.5 Å². The number of nitrogens with zero attached hydrogens (tertiary/aromatic N) is 6. The lowest BCUT2D eigenvalue weighted by Gasteiger charge is -2.19. The highest BCUT2D eigenvalue weighted by Crippen LogP contribution is 2.02. The van der Waals surface area contributed by atoms with Gasteiger partial charge in [-0.1, -0.05) is 6.92 Å². The molecule has 2 N–H and O–H groups in total. The second kappa shape index (κ2) is 14.1. The van der Waals surface area contributed by atoms with Crippen LogP contribution in [0.5, 0.6) is 0 Å². The number of guanidine groups is 1. The Labute approximate surface area is 181 Å². The minimum Gasteiger partial charge on any atom is -0.357 e. The molecule has 2 rings (SSSR count). The van der Waals surface area contributed by atoms with Gasteiger partial charge >= 0.3 is 0 Å². The van der Waals surface area contributed by atoms with Crippen molar-refractivity contribution in [1.82, 2.24) is 35.2 Å². The molecule has 1 aliphatic rings. The predicted molar refractivity (Wildman–Crippen MR) is 122 cm³/mol. The van der Waals surface area contributed by atoms with Crippen LogP contribution in [0.25, 0.3) is 0 Å². The smallest absolute Gasteiger partial charge is 0.191 e. The fraction of sp³-hybridized carbons (Fsp3) is 0.833. The molecule has 8 nitrogen and oxygen atoms in total. The summed E-state index contributed by atoms with van der Waals surface area (Å²) >= 11 is 0. The van der Waals surface area contributed by atoms with Gasteiger partial charge in [0.1, 0.15) is 12.2 Å². The number of hydrogen-bond donors (Lipinski definition) is 2. The second-order valence-corrected chi connectivity index (χ2v) is 6.83. The molecular weight excluding hydrogens is 455 g/mol. The normalized spacial score (nSPS) is 16.6. The summed E-state index contributed by atoms with van der Waals surface area (Å²) < 4.78 is 2.09. The van der Waals surface area contributed by atoms with Gasteiger partial charge in [-0.3, -0.25) is 4.99 Å². The average Bonchev–Trinajstić information content (AvgIpc) is 2.99. The van der Waals surface area contributed by atoms with Gasteiger partial charge in [-0.15, -0.1) is 34.2 Å². The van der Waals surface area contributed by atoms with Crippen LogP contribution in [0, 0.1) is 0 Å². The molecule has 1 aromatic rings. The van der Waals surface area contributed by atoms with Gasteiger partial charge in [-0.25, -0.2) is 0 Å². The first-order valence-corrected chi connectivity index (χ1v) is 10.0. The van der Waals surface area contributed by atoms with Crippen molar-refractivity contribution in [3.8, 4) is 0 Å². The highest BCUT2D eigenvalue weighted by atomic mass is 127. The fourth-order valence-electron chi connectivity index (χ4n) is 3.18. The van der Waals surface area contributed by atoms with Crippen LogP contribution in [0.2, 0.25) is 0 Å². The Bertz CT molecular complexity index is 533. The molecule has 0 aromatic carbocycles. The standard InChI is InChI=1S/C18H36N8.HI/c1-4-17-23-22-16-26(17)13-9-21-18(19-5-2)20-8-6-11-25-12-7-10-24(3)14-15-25;/h16H,4-15H2,1-3H3,(H2,19,20,21);1H. The minimum absolute atomic E-state index is 0. The molecule has 27 heavy (non-hydrogen) atoms. The zero-order valence-electron chi connectivity index (χ0n) is 17.2. The zero-order valence-corrected chi connectivity index (χ0v) is 19.5. The van der Waals surface area contributed by atoms with Crippen LogP contribution in [0.3, 0.4) is 0 Å². The Morgan fingerprint density at radius 3 is 2.78 bits per heavy atom. The molecule has 0 aliphatic carbocycles. The van der Waals surface area contributed by atoms with E-state index in [1.165, 1.54) is 32.6 Å². The molecule has 0 atom stereocenters. The summed E-state index contributed by atoms with van der Waals surface area (Å²) in [6.45, 7) is 13.5. The van der Waals surface area contributed by atoms with Crippen LogP contribution >= 0.6 is 24.0 Å². The third-order valence-electron chi connectivity index (χ3n) is 4.72. The summed E-state index contributed by atoms with van der Waals surface area (Å²) in [5, 5.41) is 14.8. The monoisotopic (exact) mass is 492 g/mol. The number of nitrogens with one attached hydrogen (secondary N) is 2. The Hall–Kier alpha value is -0.940. The molecule has 1 aliphatic heterocycles. The molecule has 0 unspecified atom stereocenters. The summed E-state index contributed by atoms with van der Waals surface area (Å²) in [4.78, 5) is 9.70. The van der Waals surface area contributed by atoms with Crippen molar-refractivity contribution in [1.29, 1.82) is 0 Å². The van der Waals surface area contributed by atoms with Gasteiger partial charge in [0.15, 0.2) is 5.96 Å². The Morgan fingerprint density at radius 1 is 1.15 bits per heavy atom. The number of halogens is 1. The lowest BCUT2D eigenvalue weighted by molar-refractivity contribution is 0.275. The van der Waals surface area contributed by atoms with Crippen molar-refractivity contribution in [2.45, 2.75) is 39.7 Å². The van der Waals surface area contributed by atoms with Crippen LogP contribution in [0.15, 0.2) is 11.3 Å². The lowest BCUT2D eigenvalue weighted by atomic mass is 10.3. The third-order valence-corrected chi connectivity index (χ3v) is 4.72. The SMILES string of the molecule is CCNC(=NCCCN1CCCN(C)CC1)NCCn1cnnc1CC.I. The molecule has 156 valence electrons. The van der Waals surface area contributed by atoms with Crippen molar-refractivity contribution in [2.24, 2.45) is 4.99 Å². The third kappa shape index (κ3) is 9.20. The van der Waals surface area contributed by atoms with Gasteiger partial charge in [0.25, 0.3) is 0 Å². The number of hydrogen-bond acceptors (Lipinski definition) is 5. The first kappa shape index (κ1) is 24.1. The summed E-state index contributed by atoms with van der Waals surface area (Å²) in [6.07, 6.45) is 5.07. The minimum atomic E-state index is 0. The number of aryl methyl sites for hydroxylation is 1. The van der Waals surface area contributed by atoms with E-state index in [0.29, 0.717) is 0 Å². The number of likely N-dealkylation sites (N-methyl/N-ethyl adjacent to an activating group) is 1. The second-order valence-electron chi connectivity index (χ2n) is 6.83. The van der Waals surface area contributed by atoms with E-state index in [1.807, 2.05) is 0 Å². The molecule has 0 amide bonds. The average molecular weight is 492 g/mol. The molecular formula is C18H37IN8. The molecule has 0 bridgehead atoms. The van der Waals surface area contributed by atoms with E-state index in [4.69, 9.17) is 4.99 Å². The molecule has 0 saturated carbocycles. The van der Waals surface area contributed by atoms with E-state index < -0.39 is 0 Å². The number of aromatic nitrogens is 3. The van der Waals surface area contributed by atoms with Crippen LogP contribution < -0.4 is 10.6 Å². The quantitative estimate of drug-likeness (QED) is 0.232. The molecule has 0 radical (unpaired) electrons.